The second kappa shape index (κ2) is 15.0. The lowest BCUT2D eigenvalue weighted by Crippen LogP contribution is -2.49. The van der Waals surface area contributed by atoms with Crippen molar-refractivity contribution in [3.05, 3.63) is 71.3 Å². The van der Waals surface area contributed by atoms with Crippen molar-refractivity contribution in [2.45, 2.75) is 58.5 Å². The van der Waals surface area contributed by atoms with Crippen molar-refractivity contribution in [2.24, 2.45) is 23.5 Å². The monoisotopic (exact) mass is 497 g/mol. The average molecular weight is 498 g/mol. The summed E-state index contributed by atoms with van der Waals surface area (Å²) >= 11 is 0. The Labute approximate surface area is 213 Å². The normalized spacial score (nSPS) is 13.5. The highest BCUT2D eigenvalue weighted by atomic mass is 16.5. The largest absolute Gasteiger partial charge is 0.467 e. The fourth-order valence-electron chi connectivity index (χ4n) is 4.39. The van der Waals surface area contributed by atoms with Gasteiger partial charge in [0.15, 0.2) is 0 Å². The molecule has 36 heavy (non-hydrogen) atoms. The number of benzene rings is 2. The predicted molar refractivity (Wildman–Crippen MR) is 138 cm³/mol. The van der Waals surface area contributed by atoms with Crippen molar-refractivity contribution in [3.63, 3.8) is 0 Å². The highest BCUT2D eigenvalue weighted by molar-refractivity contribution is 5.90. The number of hydrogen-bond donors (Lipinski definition) is 4. The van der Waals surface area contributed by atoms with Gasteiger partial charge in [-0.2, -0.15) is 0 Å². The molecule has 0 heterocycles. The molecule has 0 spiro atoms. The summed E-state index contributed by atoms with van der Waals surface area (Å²) in [6, 6.07) is 16.5. The molecule has 0 saturated heterocycles. The molecule has 5 N–H and O–H groups in total. The third-order valence-corrected chi connectivity index (χ3v) is 6.32. The fraction of sp³-hybridized carbons (Fsp3) is 0.464. The summed E-state index contributed by atoms with van der Waals surface area (Å²) in [7, 11) is 1.27. The maximum atomic E-state index is 13.5. The summed E-state index contributed by atoms with van der Waals surface area (Å²) in [6.07, 6.45) is 2.49. The lowest BCUT2D eigenvalue weighted by molar-refractivity contribution is -0.147. The number of ether oxygens (including phenoxy) is 1. The van der Waals surface area contributed by atoms with E-state index in [0.717, 1.165) is 23.1 Å². The molecule has 8 nitrogen and oxygen atoms in total. The van der Waals surface area contributed by atoms with E-state index in [2.05, 4.69) is 5.32 Å². The highest BCUT2D eigenvalue weighted by Gasteiger charge is 2.36. The first-order valence-electron chi connectivity index (χ1n) is 12.4. The number of rotatable bonds is 14. The minimum absolute atomic E-state index is 0.115. The summed E-state index contributed by atoms with van der Waals surface area (Å²) in [5, 5.41) is 12.2. The van der Waals surface area contributed by atoms with Gasteiger partial charge in [-0.1, -0.05) is 68.4 Å². The zero-order chi connectivity index (χ0) is 26.5. The molecule has 2 rings (SSSR count). The average Bonchev–Trinajstić information content (AvgIpc) is 2.89. The number of carbonyl (C=O) groups excluding carboxylic acids is 3. The molecule has 0 aliphatic carbocycles. The van der Waals surface area contributed by atoms with Crippen LogP contribution in [0.1, 0.15) is 49.8 Å². The molecule has 0 unspecified atom stereocenters. The maximum absolute atomic E-state index is 13.5. The Balaban J connectivity index is 2.20. The molecule has 196 valence electrons. The summed E-state index contributed by atoms with van der Waals surface area (Å²) in [5.74, 6) is -2.93. The number of methoxy groups -OCH3 is 1. The van der Waals surface area contributed by atoms with Gasteiger partial charge < -0.3 is 15.8 Å². The minimum atomic E-state index is -0.914. The Hall–Kier alpha value is -3.23. The van der Waals surface area contributed by atoms with E-state index in [1.165, 1.54) is 7.11 Å². The number of nitrogens with one attached hydrogen (secondary N) is 2. The van der Waals surface area contributed by atoms with Crippen LogP contribution in [-0.2, 0) is 38.5 Å². The molecule has 2 aromatic rings. The van der Waals surface area contributed by atoms with Crippen molar-refractivity contribution in [1.29, 1.82) is 0 Å². The van der Waals surface area contributed by atoms with Gasteiger partial charge in [0, 0.05) is 18.9 Å². The van der Waals surface area contributed by atoms with Gasteiger partial charge in [0.2, 0.25) is 11.8 Å². The van der Waals surface area contributed by atoms with E-state index in [-0.39, 0.29) is 12.3 Å². The molecule has 0 aliphatic rings. The van der Waals surface area contributed by atoms with Crippen LogP contribution in [0.15, 0.2) is 54.6 Å². The van der Waals surface area contributed by atoms with E-state index in [0.29, 0.717) is 25.8 Å². The number of hydroxylamine groups is 1. The van der Waals surface area contributed by atoms with Crippen molar-refractivity contribution in [1.82, 2.24) is 10.8 Å². The van der Waals surface area contributed by atoms with Crippen LogP contribution in [-0.4, -0.2) is 36.1 Å². The van der Waals surface area contributed by atoms with Crippen molar-refractivity contribution in [3.8, 4) is 0 Å². The van der Waals surface area contributed by atoms with Gasteiger partial charge in [-0.3, -0.25) is 14.8 Å². The number of aryl methyl sites for hydroxylation is 1. The van der Waals surface area contributed by atoms with E-state index >= 15 is 0 Å². The molecule has 0 aliphatic heterocycles. The number of amides is 2. The van der Waals surface area contributed by atoms with Crippen LogP contribution in [0.25, 0.3) is 0 Å². The van der Waals surface area contributed by atoms with Gasteiger partial charge in [-0.25, -0.2) is 10.3 Å². The Morgan fingerprint density at radius 1 is 0.917 bits per heavy atom. The second-order valence-corrected chi connectivity index (χ2v) is 9.51. The number of esters is 1. The van der Waals surface area contributed by atoms with Gasteiger partial charge in [0.1, 0.15) is 6.04 Å². The summed E-state index contributed by atoms with van der Waals surface area (Å²) < 4.78 is 4.94. The first-order chi connectivity index (χ1) is 17.3. The molecule has 0 fully saturated rings. The smallest absolute Gasteiger partial charge is 0.328 e. The molecule has 8 heteroatoms. The Morgan fingerprint density at radius 3 is 2.11 bits per heavy atom. The first-order valence-corrected chi connectivity index (χ1v) is 12.4. The van der Waals surface area contributed by atoms with Crippen molar-refractivity contribution < 1.29 is 24.3 Å². The molecule has 2 aromatic carbocycles. The third kappa shape index (κ3) is 9.09. The van der Waals surface area contributed by atoms with Crippen LogP contribution in [0.4, 0.5) is 0 Å². The van der Waals surface area contributed by atoms with E-state index in [1.807, 2.05) is 68.4 Å². The van der Waals surface area contributed by atoms with E-state index in [4.69, 9.17) is 10.5 Å². The standard InChI is InChI=1S/C28H39N3O5/c1-19(2)16-24(23(27(33)31-35)11-7-10-20-8-5-4-6-9-20)26(32)30-25(28(34)36-3)17-21-12-14-22(18-29)15-13-21/h4-6,8-9,12-15,19,23-25,35H,7,10-11,16-18,29H2,1-3H3,(H,30,32)(H,31,33)/t23-,24+,25-/m0/s1. The van der Waals surface area contributed by atoms with Crippen LogP contribution >= 0.6 is 0 Å². The number of hydrogen-bond acceptors (Lipinski definition) is 6. The molecule has 0 radical (unpaired) electrons. The van der Waals surface area contributed by atoms with Crippen LogP contribution in [0.5, 0.6) is 0 Å². The van der Waals surface area contributed by atoms with E-state index in [9.17, 15) is 19.6 Å². The Morgan fingerprint density at radius 2 is 1.56 bits per heavy atom. The fourth-order valence-corrected chi connectivity index (χ4v) is 4.39. The quantitative estimate of drug-likeness (QED) is 0.180. The lowest BCUT2D eigenvalue weighted by atomic mass is 9.80. The van der Waals surface area contributed by atoms with Crippen molar-refractivity contribution >= 4 is 17.8 Å². The van der Waals surface area contributed by atoms with E-state index < -0.39 is 35.7 Å². The van der Waals surface area contributed by atoms with Crippen LogP contribution < -0.4 is 16.5 Å². The van der Waals surface area contributed by atoms with Crippen molar-refractivity contribution in [2.75, 3.05) is 7.11 Å². The SMILES string of the molecule is COC(=O)[C@H](Cc1ccc(CN)cc1)NC(=O)[C@H](CC(C)C)[C@H](CCCc1ccccc1)C(=O)NO. The topological polar surface area (TPSA) is 131 Å². The Bertz CT molecular complexity index is 963. The molecule has 0 aromatic heterocycles. The summed E-state index contributed by atoms with van der Waals surface area (Å²) in [4.78, 5) is 38.7. The highest BCUT2D eigenvalue weighted by Crippen LogP contribution is 2.27. The lowest BCUT2D eigenvalue weighted by Gasteiger charge is -2.28. The summed E-state index contributed by atoms with van der Waals surface area (Å²) in [6.45, 7) is 4.34. The second-order valence-electron chi connectivity index (χ2n) is 9.51. The maximum Gasteiger partial charge on any atom is 0.328 e. The first kappa shape index (κ1) is 29.0. The van der Waals surface area contributed by atoms with Gasteiger partial charge in [0.25, 0.3) is 0 Å². The molecule has 0 saturated carbocycles. The molecular formula is C28H39N3O5. The van der Waals surface area contributed by atoms with Gasteiger partial charge >= 0.3 is 5.97 Å². The number of carbonyl (C=O) groups is 3. The molecule has 2 amide bonds. The van der Waals surface area contributed by atoms with E-state index in [1.54, 1.807) is 5.48 Å². The molecular weight excluding hydrogens is 458 g/mol. The van der Waals surface area contributed by atoms with Gasteiger partial charge in [-0.15, -0.1) is 0 Å². The van der Waals surface area contributed by atoms with Crippen LogP contribution in [0.2, 0.25) is 0 Å². The summed E-state index contributed by atoms with van der Waals surface area (Å²) in [5.41, 5.74) is 10.3. The zero-order valence-corrected chi connectivity index (χ0v) is 21.4. The molecule has 0 bridgehead atoms. The van der Waals surface area contributed by atoms with Gasteiger partial charge in [0.05, 0.1) is 13.0 Å². The van der Waals surface area contributed by atoms with Crippen LogP contribution in [0, 0.1) is 17.8 Å². The number of nitrogens with two attached hydrogens (primary N) is 1. The third-order valence-electron chi connectivity index (χ3n) is 6.32. The Kier molecular flexibility index (Phi) is 12.1. The van der Waals surface area contributed by atoms with Gasteiger partial charge in [-0.05, 0) is 48.3 Å². The van der Waals surface area contributed by atoms with Crippen LogP contribution in [0.3, 0.4) is 0 Å². The predicted octanol–water partition coefficient (Wildman–Crippen LogP) is 3.15. The molecule has 3 atom stereocenters. The minimum Gasteiger partial charge on any atom is -0.467 e. The zero-order valence-electron chi connectivity index (χ0n) is 21.4.